The lowest BCUT2D eigenvalue weighted by Crippen LogP contribution is -2.22. The van der Waals surface area contributed by atoms with Crippen molar-refractivity contribution in [3.05, 3.63) is 23.9 Å². The van der Waals surface area contributed by atoms with Crippen LogP contribution in [0.25, 0.3) is 0 Å². The highest BCUT2D eigenvalue weighted by molar-refractivity contribution is 5.75. The van der Waals surface area contributed by atoms with E-state index in [-0.39, 0.29) is 12.5 Å². The van der Waals surface area contributed by atoms with Crippen LogP contribution in [0.1, 0.15) is 18.4 Å². The number of hydrogen-bond donors (Lipinski definition) is 2. The number of carbonyl (C=O) groups is 1. The van der Waals surface area contributed by atoms with E-state index >= 15 is 0 Å². The Morgan fingerprint density at radius 1 is 1.56 bits per heavy atom. The van der Waals surface area contributed by atoms with Gasteiger partial charge in [0.05, 0.1) is 7.11 Å². The van der Waals surface area contributed by atoms with E-state index in [0.717, 1.165) is 5.56 Å². The molecule has 1 rings (SSSR count). The second kappa shape index (κ2) is 6.79. The van der Waals surface area contributed by atoms with Crippen LogP contribution in [-0.4, -0.2) is 29.7 Å². The van der Waals surface area contributed by atoms with E-state index in [1.165, 1.54) is 0 Å². The second-order valence-corrected chi connectivity index (χ2v) is 3.31. The zero-order valence-electron chi connectivity index (χ0n) is 9.27. The molecule has 0 unspecified atom stereocenters. The van der Waals surface area contributed by atoms with Crippen molar-refractivity contribution in [3.63, 3.8) is 0 Å². The fraction of sp³-hybridized carbons (Fsp3) is 0.455. The van der Waals surface area contributed by atoms with Gasteiger partial charge in [-0.3, -0.25) is 4.79 Å². The molecule has 0 saturated heterocycles. The summed E-state index contributed by atoms with van der Waals surface area (Å²) >= 11 is 0. The maximum Gasteiger partial charge on any atom is 0.220 e. The van der Waals surface area contributed by atoms with Gasteiger partial charge in [-0.1, -0.05) is 6.07 Å². The molecule has 0 aliphatic carbocycles. The van der Waals surface area contributed by atoms with Crippen molar-refractivity contribution in [2.24, 2.45) is 0 Å². The van der Waals surface area contributed by atoms with Gasteiger partial charge < -0.3 is 15.2 Å². The molecule has 0 bridgehead atoms. The Bertz CT molecular complexity index is 325. The van der Waals surface area contributed by atoms with Crippen LogP contribution in [0.3, 0.4) is 0 Å². The van der Waals surface area contributed by atoms with Gasteiger partial charge in [0.15, 0.2) is 0 Å². The predicted molar refractivity (Wildman–Crippen MR) is 59.0 cm³/mol. The van der Waals surface area contributed by atoms with E-state index in [0.29, 0.717) is 25.3 Å². The third-order valence-corrected chi connectivity index (χ3v) is 2.06. The molecule has 1 aromatic heterocycles. The summed E-state index contributed by atoms with van der Waals surface area (Å²) in [4.78, 5) is 15.3. The molecule has 1 aromatic rings. The van der Waals surface area contributed by atoms with Crippen LogP contribution in [-0.2, 0) is 11.3 Å². The van der Waals surface area contributed by atoms with Crippen molar-refractivity contribution in [2.75, 3.05) is 13.7 Å². The molecule has 88 valence electrons. The summed E-state index contributed by atoms with van der Waals surface area (Å²) in [6, 6.07) is 3.59. The summed E-state index contributed by atoms with van der Waals surface area (Å²) in [5, 5.41) is 11.3. The van der Waals surface area contributed by atoms with Gasteiger partial charge >= 0.3 is 0 Å². The van der Waals surface area contributed by atoms with Gasteiger partial charge in [0.2, 0.25) is 11.8 Å². The minimum atomic E-state index is -0.0649. The predicted octanol–water partition coefficient (Wildman–Crippen LogP) is 0.479. The smallest absolute Gasteiger partial charge is 0.220 e. The lowest BCUT2D eigenvalue weighted by atomic mass is 10.2. The fourth-order valence-corrected chi connectivity index (χ4v) is 1.16. The Labute approximate surface area is 94.5 Å². The highest BCUT2D eigenvalue weighted by Gasteiger charge is 2.01. The van der Waals surface area contributed by atoms with Crippen LogP contribution in [0.15, 0.2) is 18.3 Å². The van der Waals surface area contributed by atoms with Gasteiger partial charge in [0, 0.05) is 31.8 Å². The highest BCUT2D eigenvalue weighted by atomic mass is 16.5. The molecule has 5 nitrogen and oxygen atoms in total. The number of aromatic nitrogens is 1. The number of rotatable bonds is 6. The van der Waals surface area contributed by atoms with E-state index in [1.807, 2.05) is 6.07 Å². The maximum absolute atomic E-state index is 11.2. The van der Waals surface area contributed by atoms with Crippen LogP contribution in [0.2, 0.25) is 0 Å². The molecule has 2 N–H and O–H groups in total. The molecule has 0 aliphatic heterocycles. The summed E-state index contributed by atoms with van der Waals surface area (Å²) in [6.45, 7) is 0.485. The molecule has 0 atom stereocenters. The topological polar surface area (TPSA) is 71.5 Å². The molecule has 0 saturated carbocycles. The molecule has 1 amide bonds. The summed E-state index contributed by atoms with van der Waals surface area (Å²) < 4.78 is 4.92. The summed E-state index contributed by atoms with van der Waals surface area (Å²) in [6.07, 6.45) is 2.50. The molecule has 0 aliphatic rings. The van der Waals surface area contributed by atoms with Crippen LogP contribution in [0, 0.1) is 0 Å². The van der Waals surface area contributed by atoms with Gasteiger partial charge in [-0.15, -0.1) is 0 Å². The summed E-state index contributed by atoms with van der Waals surface area (Å²) in [7, 11) is 1.55. The van der Waals surface area contributed by atoms with E-state index in [9.17, 15) is 4.79 Å². The maximum atomic E-state index is 11.2. The standard InChI is InChI=1S/C11H16N2O3/c1-16-11-5-4-9(8-13-11)7-12-10(15)3-2-6-14/h4-5,8,14H,2-3,6-7H2,1H3,(H,12,15). The Morgan fingerprint density at radius 3 is 2.94 bits per heavy atom. The Morgan fingerprint density at radius 2 is 2.38 bits per heavy atom. The first-order chi connectivity index (χ1) is 7.76. The average Bonchev–Trinajstić information content (AvgIpc) is 2.34. The minimum Gasteiger partial charge on any atom is -0.481 e. The number of ether oxygens (including phenoxy) is 1. The number of carbonyl (C=O) groups excluding carboxylic acids is 1. The molecular weight excluding hydrogens is 208 g/mol. The lowest BCUT2D eigenvalue weighted by Gasteiger charge is -2.05. The van der Waals surface area contributed by atoms with E-state index in [2.05, 4.69) is 10.3 Å². The number of aliphatic hydroxyl groups excluding tert-OH is 1. The summed E-state index contributed by atoms with van der Waals surface area (Å²) in [5.74, 6) is 0.486. The number of amides is 1. The molecule has 0 aromatic carbocycles. The number of aliphatic hydroxyl groups is 1. The number of methoxy groups -OCH3 is 1. The van der Waals surface area contributed by atoms with Crippen LogP contribution in [0.4, 0.5) is 0 Å². The Balaban J connectivity index is 2.33. The second-order valence-electron chi connectivity index (χ2n) is 3.31. The normalized spacial score (nSPS) is 9.88. The van der Waals surface area contributed by atoms with Crippen molar-refractivity contribution < 1.29 is 14.6 Å². The molecule has 5 heteroatoms. The third-order valence-electron chi connectivity index (χ3n) is 2.06. The van der Waals surface area contributed by atoms with Crippen molar-refractivity contribution in [3.8, 4) is 5.88 Å². The first kappa shape index (κ1) is 12.4. The first-order valence-corrected chi connectivity index (χ1v) is 5.12. The quantitative estimate of drug-likeness (QED) is 0.737. The first-order valence-electron chi connectivity index (χ1n) is 5.12. The number of nitrogens with zero attached hydrogens (tertiary/aromatic N) is 1. The Kier molecular flexibility index (Phi) is 5.28. The van der Waals surface area contributed by atoms with Gasteiger partial charge in [-0.2, -0.15) is 0 Å². The number of nitrogens with one attached hydrogen (secondary N) is 1. The van der Waals surface area contributed by atoms with Crippen LogP contribution in [0.5, 0.6) is 5.88 Å². The molecule has 16 heavy (non-hydrogen) atoms. The molecule has 0 radical (unpaired) electrons. The van der Waals surface area contributed by atoms with E-state index < -0.39 is 0 Å². The van der Waals surface area contributed by atoms with Crippen LogP contribution >= 0.6 is 0 Å². The molecule has 1 heterocycles. The zero-order valence-corrected chi connectivity index (χ0v) is 9.27. The highest BCUT2D eigenvalue weighted by Crippen LogP contribution is 2.06. The third kappa shape index (κ3) is 4.27. The van der Waals surface area contributed by atoms with Crippen molar-refractivity contribution in [1.29, 1.82) is 0 Å². The minimum absolute atomic E-state index is 0.0392. The van der Waals surface area contributed by atoms with Crippen LogP contribution < -0.4 is 10.1 Å². The number of hydrogen-bond acceptors (Lipinski definition) is 4. The summed E-state index contributed by atoms with van der Waals surface area (Å²) in [5.41, 5.74) is 0.915. The molecule has 0 fully saturated rings. The van der Waals surface area contributed by atoms with E-state index in [4.69, 9.17) is 9.84 Å². The lowest BCUT2D eigenvalue weighted by molar-refractivity contribution is -0.121. The monoisotopic (exact) mass is 224 g/mol. The van der Waals surface area contributed by atoms with Crippen molar-refractivity contribution in [1.82, 2.24) is 10.3 Å². The Hall–Kier alpha value is -1.62. The SMILES string of the molecule is COc1ccc(CNC(=O)CCCO)cn1. The van der Waals surface area contributed by atoms with Crippen molar-refractivity contribution in [2.45, 2.75) is 19.4 Å². The van der Waals surface area contributed by atoms with Gasteiger partial charge in [-0.05, 0) is 12.0 Å². The number of pyridine rings is 1. The van der Waals surface area contributed by atoms with Gasteiger partial charge in [0.1, 0.15) is 0 Å². The fourth-order valence-electron chi connectivity index (χ4n) is 1.16. The average molecular weight is 224 g/mol. The van der Waals surface area contributed by atoms with E-state index in [1.54, 1.807) is 19.4 Å². The van der Waals surface area contributed by atoms with Gasteiger partial charge in [-0.25, -0.2) is 4.98 Å². The largest absolute Gasteiger partial charge is 0.481 e. The molecular formula is C11H16N2O3. The van der Waals surface area contributed by atoms with Crippen molar-refractivity contribution >= 4 is 5.91 Å². The molecule has 0 spiro atoms. The van der Waals surface area contributed by atoms with Gasteiger partial charge in [0.25, 0.3) is 0 Å². The zero-order chi connectivity index (χ0) is 11.8.